The van der Waals surface area contributed by atoms with E-state index in [0.29, 0.717) is 31.8 Å². The second kappa shape index (κ2) is 7.56. The Kier molecular flexibility index (Phi) is 5.58. The van der Waals surface area contributed by atoms with Crippen LogP contribution in [0, 0.1) is 5.41 Å². The summed E-state index contributed by atoms with van der Waals surface area (Å²) in [5.74, 6) is 0.173. The number of nitrogens with zero attached hydrogens (tertiary/aromatic N) is 2. The molecule has 2 aliphatic heterocycles. The number of halogens is 3. The number of carbonyl (C=O) groups excluding carboxylic acids is 1. The van der Waals surface area contributed by atoms with Crippen molar-refractivity contribution in [2.45, 2.75) is 32.0 Å². The number of methoxy groups -OCH3 is 1. The van der Waals surface area contributed by atoms with Gasteiger partial charge in [-0.25, -0.2) is 0 Å². The smallest absolute Gasteiger partial charge is 0.383 e. The Hall–Kier alpha value is -1.60. The summed E-state index contributed by atoms with van der Waals surface area (Å²) in [7, 11) is 1.62. The number of likely N-dealkylation sites (tertiary alicyclic amines) is 2. The largest absolute Gasteiger partial charge is 0.416 e. The maximum Gasteiger partial charge on any atom is 0.416 e. The Bertz CT molecular complexity index is 650. The second-order valence-electron chi connectivity index (χ2n) is 7.33. The zero-order valence-electron chi connectivity index (χ0n) is 15.0. The topological polar surface area (TPSA) is 32.8 Å². The molecule has 0 radical (unpaired) electrons. The van der Waals surface area contributed by atoms with Gasteiger partial charge in [0.15, 0.2) is 0 Å². The summed E-state index contributed by atoms with van der Waals surface area (Å²) in [6, 6.07) is 5.46. The number of hydrogen-bond acceptors (Lipinski definition) is 3. The first-order valence-corrected chi connectivity index (χ1v) is 9.01. The first kappa shape index (κ1) is 19.2. The third-order valence-corrected chi connectivity index (χ3v) is 5.48. The van der Waals surface area contributed by atoms with E-state index in [1.807, 2.05) is 4.90 Å². The molecule has 144 valence electrons. The summed E-state index contributed by atoms with van der Waals surface area (Å²) >= 11 is 0. The van der Waals surface area contributed by atoms with E-state index < -0.39 is 11.7 Å². The van der Waals surface area contributed by atoms with E-state index in [0.717, 1.165) is 38.4 Å². The first-order chi connectivity index (χ1) is 12.3. The van der Waals surface area contributed by atoms with Gasteiger partial charge in [-0.3, -0.25) is 9.69 Å². The zero-order valence-corrected chi connectivity index (χ0v) is 15.0. The van der Waals surface area contributed by atoms with Gasteiger partial charge in [-0.05, 0) is 37.4 Å². The minimum atomic E-state index is -4.33. The van der Waals surface area contributed by atoms with Gasteiger partial charge in [-0.1, -0.05) is 18.2 Å². The van der Waals surface area contributed by atoms with Gasteiger partial charge in [0.1, 0.15) is 0 Å². The van der Waals surface area contributed by atoms with Gasteiger partial charge >= 0.3 is 6.18 Å². The van der Waals surface area contributed by atoms with Crippen molar-refractivity contribution in [1.29, 1.82) is 0 Å². The van der Waals surface area contributed by atoms with E-state index in [1.165, 1.54) is 12.1 Å². The molecule has 0 saturated carbocycles. The summed E-state index contributed by atoms with van der Waals surface area (Å²) in [4.78, 5) is 16.9. The summed E-state index contributed by atoms with van der Waals surface area (Å²) < 4.78 is 43.8. The molecule has 7 heteroatoms. The maximum absolute atomic E-state index is 12.9. The standard InChI is InChI=1S/C19H25F3N2O2/c1-26-11-10-24-8-3-6-18(17(24)25)7-9-23(14-18)13-15-4-2-5-16(12-15)19(20,21)22/h2,4-5,12H,3,6-11,13-14H2,1H3. The fourth-order valence-corrected chi connectivity index (χ4v) is 4.14. The van der Waals surface area contributed by atoms with Crippen molar-refractivity contribution < 1.29 is 22.7 Å². The predicted octanol–water partition coefficient (Wildman–Crippen LogP) is 3.17. The lowest BCUT2D eigenvalue weighted by molar-refractivity contribution is -0.146. The molecule has 0 aromatic heterocycles. The van der Waals surface area contributed by atoms with Gasteiger partial charge in [-0.2, -0.15) is 13.2 Å². The molecule has 3 rings (SSSR count). The number of ether oxygens (including phenoxy) is 1. The van der Waals surface area contributed by atoms with Gasteiger partial charge in [0.05, 0.1) is 17.6 Å². The fourth-order valence-electron chi connectivity index (χ4n) is 4.14. The van der Waals surface area contributed by atoms with Crippen LogP contribution in [-0.4, -0.2) is 55.6 Å². The van der Waals surface area contributed by atoms with Crippen LogP contribution in [0.2, 0.25) is 0 Å². The summed E-state index contributed by atoms with van der Waals surface area (Å²) in [5, 5.41) is 0. The number of rotatable bonds is 5. The number of piperidine rings is 1. The highest BCUT2D eigenvalue weighted by Crippen LogP contribution is 2.40. The molecular formula is C19H25F3N2O2. The Balaban J connectivity index is 1.66. The van der Waals surface area contributed by atoms with Crippen LogP contribution in [0.5, 0.6) is 0 Å². The molecule has 1 amide bonds. The van der Waals surface area contributed by atoms with Crippen molar-refractivity contribution in [3.63, 3.8) is 0 Å². The molecule has 0 N–H and O–H groups in total. The third-order valence-electron chi connectivity index (χ3n) is 5.48. The number of carbonyl (C=O) groups is 1. The molecule has 2 saturated heterocycles. The molecule has 1 spiro atoms. The van der Waals surface area contributed by atoms with Crippen LogP contribution >= 0.6 is 0 Å². The Morgan fingerprint density at radius 2 is 2.04 bits per heavy atom. The molecule has 4 nitrogen and oxygen atoms in total. The molecule has 0 aliphatic carbocycles. The van der Waals surface area contributed by atoms with Crippen LogP contribution in [0.3, 0.4) is 0 Å². The SMILES string of the molecule is COCCN1CCCC2(CCN(Cc3cccc(C(F)(F)F)c3)C2)C1=O. The first-order valence-electron chi connectivity index (χ1n) is 9.01. The molecule has 2 aliphatic rings. The lowest BCUT2D eigenvalue weighted by atomic mass is 9.78. The minimum absolute atomic E-state index is 0.173. The second-order valence-corrected chi connectivity index (χ2v) is 7.33. The van der Waals surface area contributed by atoms with Crippen molar-refractivity contribution >= 4 is 5.91 Å². The van der Waals surface area contributed by atoms with Crippen molar-refractivity contribution in [2.24, 2.45) is 5.41 Å². The number of benzene rings is 1. The third kappa shape index (κ3) is 4.04. The maximum atomic E-state index is 12.9. The highest BCUT2D eigenvalue weighted by atomic mass is 19.4. The van der Waals surface area contributed by atoms with Crippen LogP contribution in [0.25, 0.3) is 0 Å². The highest BCUT2D eigenvalue weighted by Gasteiger charge is 2.48. The van der Waals surface area contributed by atoms with Crippen LogP contribution in [0.15, 0.2) is 24.3 Å². The van der Waals surface area contributed by atoms with Crippen LogP contribution in [0.4, 0.5) is 13.2 Å². The summed E-state index contributed by atoms with van der Waals surface area (Å²) in [6.45, 7) is 3.68. The Labute approximate surface area is 151 Å². The summed E-state index contributed by atoms with van der Waals surface area (Å²) in [5.41, 5.74) is -0.368. The predicted molar refractivity (Wildman–Crippen MR) is 91.5 cm³/mol. The number of alkyl halides is 3. The van der Waals surface area contributed by atoms with Crippen molar-refractivity contribution in [1.82, 2.24) is 9.80 Å². The lowest BCUT2D eigenvalue weighted by Gasteiger charge is -2.39. The monoisotopic (exact) mass is 370 g/mol. The molecule has 1 unspecified atom stereocenters. The molecule has 26 heavy (non-hydrogen) atoms. The average molecular weight is 370 g/mol. The van der Waals surface area contributed by atoms with E-state index in [4.69, 9.17) is 4.74 Å². The van der Waals surface area contributed by atoms with Gasteiger partial charge in [-0.15, -0.1) is 0 Å². The zero-order chi connectivity index (χ0) is 18.8. The van der Waals surface area contributed by atoms with Crippen molar-refractivity contribution in [3.8, 4) is 0 Å². The highest BCUT2D eigenvalue weighted by molar-refractivity contribution is 5.84. The molecule has 1 aromatic carbocycles. The molecular weight excluding hydrogens is 345 g/mol. The van der Waals surface area contributed by atoms with E-state index in [9.17, 15) is 18.0 Å². The van der Waals surface area contributed by atoms with Crippen LogP contribution < -0.4 is 0 Å². The fraction of sp³-hybridized carbons (Fsp3) is 0.632. The van der Waals surface area contributed by atoms with Crippen molar-refractivity contribution in [3.05, 3.63) is 35.4 Å². The van der Waals surface area contributed by atoms with Gasteiger partial charge in [0, 0.05) is 33.3 Å². The van der Waals surface area contributed by atoms with Crippen LogP contribution in [0.1, 0.15) is 30.4 Å². The van der Waals surface area contributed by atoms with Crippen molar-refractivity contribution in [2.75, 3.05) is 39.9 Å². The van der Waals surface area contributed by atoms with E-state index in [1.54, 1.807) is 13.2 Å². The van der Waals surface area contributed by atoms with Gasteiger partial charge in [0.2, 0.25) is 5.91 Å². The Morgan fingerprint density at radius 3 is 2.77 bits per heavy atom. The van der Waals surface area contributed by atoms with Gasteiger partial charge in [0.25, 0.3) is 0 Å². The molecule has 2 heterocycles. The number of hydrogen-bond donors (Lipinski definition) is 0. The summed E-state index contributed by atoms with van der Waals surface area (Å²) in [6.07, 6.45) is -1.74. The Morgan fingerprint density at radius 1 is 1.23 bits per heavy atom. The van der Waals surface area contributed by atoms with E-state index >= 15 is 0 Å². The van der Waals surface area contributed by atoms with Crippen LogP contribution in [-0.2, 0) is 22.3 Å². The average Bonchev–Trinajstić information content (AvgIpc) is 2.99. The molecule has 0 bridgehead atoms. The quantitative estimate of drug-likeness (QED) is 0.798. The molecule has 1 atom stereocenters. The normalized spacial score (nSPS) is 24.6. The van der Waals surface area contributed by atoms with E-state index in [2.05, 4.69) is 4.90 Å². The molecule has 2 fully saturated rings. The van der Waals surface area contributed by atoms with Gasteiger partial charge < -0.3 is 9.64 Å². The lowest BCUT2D eigenvalue weighted by Crippen LogP contribution is -2.50. The number of amides is 1. The van der Waals surface area contributed by atoms with E-state index in [-0.39, 0.29) is 11.3 Å². The molecule has 1 aromatic rings. The minimum Gasteiger partial charge on any atom is -0.383 e.